The molecule has 4 nitrogen and oxygen atoms in total. The quantitative estimate of drug-likeness (QED) is 0.639. The van der Waals surface area contributed by atoms with E-state index < -0.39 is 0 Å². The molecule has 88 valence electrons. The number of hydrogen-bond acceptors (Lipinski definition) is 4. The van der Waals surface area contributed by atoms with Crippen LogP contribution in [0.5, 0.6) is 0 Å². The highest BCUT2D eigenvalue weighted by Crippen LogP contribution is 2.15. The summed E-state index contributed by atoms with van der Waals surface area (Å²) in [4.78, 5) is 7.90. The Kier molecular flexibility index (Phi) is 3.97. The predicted molar refractivity (Wildman–Crippen MR) is 58.3 cm³/mol. The van der Waals surface area contributed by atoms with Crippen LogP contribution in [0.3, 0.4) is 0 Å². The topological polar surface area (TPSA) is 24.9 Å². The third-order valence-corrected chi connectivity index (χ3v) is 3.21. The summed E-state index contributed by atoms with van der Waals surface area (Å²) >= 11 is 0. The normalized spacial score (nSPS) is 25.0. The van der Waals surface area contributed by atoms with Gasteiger partial charge in [-0.1, -0.05) is 0 Å². The van der Waals surface area contributed by atoms with Gasteiger partial charge in [-0.3, -0.25) is 9.74 Å². The largest absolute Gasteiger partial charge is 0.348 e. The van der Waals surface area contributed by atoms with E-state index in [0.717, 1.165) is 26.2 Å². The molecule has 15 heavy (non-hydrogen) atoms. The Morgan fingerprint density at radius 1 is 1.20 bits per heavy atom. The van der Waals surface area contributed by atoms with Crippen LogP contribution >= 0.6 is 0 Å². The molecule has 0 N–H and O–H groups in total. The third kappa shape index (κ3) is 3.14. The molecule has 2 heterocycles. The maximum absolute atomic E-state index is 5.61. The molecule has 0 aliphatic carbocycles. The fourth-order valence-electron chi connectivity index (χ4n) is 2.02. The van der Waals surface area contributed by atoms with Crippen LogP contribution in [0.1, 0.15) is 26.7 Å². The first kappa shape index (κ1) is 11.3. The van der Waals surface area contributed by atoms with Crippen molar-refractivity contribution in [2.75, 3.05) is 33.0 Å². The van der Waals surface area contributed by atoms with Gasteiger partial charge < -0.3 is 4.74 Å². The highest BCUT2D eigenvalue weighted by atomic mass is 16.8. The van der Waals surface area contributed by atoms with Gasteiger partial charge in [0.05, 0.1) is 6.10 Å². The molecule has 0 aromatic heterocycles. The lowest BCUT2D eigenvalue weighted by Gasteiger charge is -2.41. The molecule has 0 amide bonds. The lowest BCUT2D eigenvalue weighted by Crippen LogP contribution is -2.55. The van der Waals surface area contributed by atoms with E-state index in [1.165, 1.54) is 12.8 Å². The van der Waals surface area contributed by atoms with Crippen molar-refractivity contribution in [1.82, 2.24) is 9.96 Å². The van der Waals surface area contributed by atoms with Crippen molar-refractivity contribution < 1.29 is 9.57 Å². The van der Waals surface area contributed by atoms with Crippen LogP contribution in [0, 0.1) is 0 Å². The lowest BCUT2D eigenvalue weighted by molar-refractivity contribution is -0.240. The van der Waals surface area contributed by atoms with Gasteiger partial charge in [0.2, 0.25) is 0 Å². The summed E-state index contributed by atoms with van der Waals surface area (Å²) in [6, 6.07) is 0.643. The van der Waals surface area contributed by atoms with E-state index in [0.29, 0.717) is 18.9 Å². The average Bonchev–Trinajstić information content (AvgIpc) is 2.60. The molecule has 0 bridgehead atoms. The fourth-order valence-corrected chi connectivity index (χ4v) is 2.02. The second-order valence-corrected chi connectivity index (χ2v) is 4.72. The molecule has 0 aromatic carbocycles. The van der Waals surface area contributed by atoms with Gasteiger partial charge in [0.1, 0.15) is 0 Å². The number of hydroxylamine groups is 2. The van der Waals surface area contributed by atoms with Gasteiger partial charge >= 0.3 is 0 Å². The van der Waals surface area contributed by atoms with Crippen molar-refractivity contribution in [3.8, 4) is 0 Å². The van der Waals surface area contributed by atoms with E-state index in [1.807, 2.05) is 5.06 Å². The SMILES string of the molecule is CC(C)N1CC(OCON2CCCC2)C1. The Hall–Kier alpha value is -0.160. The van der Waals surface area contributed by atoms with Gasteiger partial charge in [0, 0.05) is 32.2 Å². The first-order valence-electron chi connectivity index (χ1n) is 5.99. The van der Waals surface area contributed by atoms with Crippen LogP contribution in [0.4, 0.5) is 0 Å². The van der Waals surface area contributed by atoms with E-state index >= 15 is 0 Å². The zero-order valence-corrected chi connectivity index (χ0v) is 9.82. The van der Waals surface area contributed by atoms with Crippen LogP contribution < -0.4 is 0 Å². The van der Waals surface area contributed by atoms with Crippen LogP contribution in [0.25, 0.3) is 0 Å². The van der Waals surface area contributed by atoms with E-state index in [2.05, 4.69) is 18.7 Å². The minimum absolute atomic E-state index is 0.384. The summed E-state index contributed by atoms with van der Waals surface area (Å²) in [6.07, 6.45) is 2.89. The second-order valence-electron chi connectivity index (χ2n) is 4.72. The van der Waals surface area contributed by atoms with E-state index in [1.54, 1.807) is 0 Å². The van der Waals surface area contributed by atoms with Crippen molar-refractivity contribution in [1.29, 1.82) is 0 Å². The summed E-state index contributed by atoms with van der Waals surface area (Å²) < 4.78 is 5.61. The fraction of sp³-hybridized carbons (Fsp3) is 1.00. The number of hydrogen-bond donors (Lipinski definition) is 0. The molecule has 4 heteroatoms. The van der Waals surface area contributed by atoms with Gasteiger partial charge in [0.15, 0.2) is 6.79 Å². The van der Waals surface area contributed by atoms with Crippen molar-refractivity contribution >= 4 is 0 Å². The van der Waals surface area contributed by atoms with Gasteiger partial charge in [-0.15, -0.1) is 0 Å². The molecular weight excluding hydrogens is 192 g/mol. The number of nitrogens with zero attached hydrogens (tertiary/aromatic N) is 2. The monoisotopic (exact) mass is 214 g/mol. The van der Waals surface area contributed by atoms with Gasteiger partial charge in [-0.2, -0.15) is 5.06 Å². The maximum atomic E-state index is 5.61. The summed E-state index contributed by atoms with van der Waals surface area (Å²) in [5, 5.41) is 2.01. The highest BCUT2D eigenvalue weighted by molar-refractivity contribution is 4.82. The zero-order chi connectivity index (χ0) is 10.7. The zero-order valence-electron chi connectivity index (χ0n) is 9.82. The molecule has 2 fully saturated rings. The first-order valence-corrected chi connectivity index (χ1v) is 5.99. The molecule has 2 aliphatic rings. The number of ether oxygens (including phenoxy) is 1. The molecule has 0 saturated carbocycles. The van der Waals surface area contributed by atoms with Crippen LogP contribution in [0.2, 0.25) is 0 Å². The van der Waals surface area contributed by atoms with Crippen LogP contribution in [0.15, 0.2) is 0 Å². The first-order chi connectivity index (χ1) is 7.25. The Balaban J connectivity index is 1.49. The molecule has 2 saturated heterocycles. The minimum atomic E-state index is 0.384. The summed E-state index contributed by atoms with van der Waals surface area (Å²) in [5.74, 6) is 0. The molecule has 2 aliphatic heterocycles. The number of rotatable bonds is 5. The standard InChI is InChI=1S/C11H22N2O2/c1-10(2)12-7-11(8-12)14-9-15-13-5-3-4-6-13/h10-11H,3-9H2,1-2H3. The lowest BCUT2D eigenvalue weighted by atomic mass is 10.1. The molecule has 0 unspecified atom stereocenters. The molecule has 0 atom stereocenters. The second kappa shape index (κ2) is 5.25. The molecular formula is C11H22N2O2. The van der Waals surface area contributed by atoms with Gasteiger partial charge in [-0.25, -0.2) is 0 Å². The van der Waals surface area contributed by atoms with E-state index in [4.69, 9.17) is 9.57 Å². The predicted octanol–water partition coefficient (Wildman–Crippen LogP) is 1.08. The van der Waals surface area contributed by atoms with Crippen molar-refractivity contribution in [3.63, 3.8) is 0 Å². The van der Waals surface area contributed by atoms with E-state index in [-0.39, 0.29) is 0 Å². The van der Waals surface area contributed by atoms with Crippen molar-refractivity contribution in [2.45, 2.75) is 38.8 Å². The highest BCUT2D eigenvalue weighted by Gasteiger charge is 2.29. The van der Waals surface area contributed by atoms with Crippen molar-refractivity contribution in [3.05, 3.63) is 0 Å². The molecule has 0 aromatic rings. The third-order valence-electron chi connectivity index (χ3n) is 3.21. The molecule has 0 radical (unpaired) electrons. The smallest absolute Gasteiger partial charge is 0.167 e. The molecule has 2 rings (SSSR count). The van der Waals surface area contributed by atoms with Crippen molar-refractivity contribution in [2.24, 2.45) is 0 Å². The average molecular weight is 214 g/mol. The summed E-state index contributed by atoms with van der Waals surface area (Å²) in [7, 11) is 0. The van der Waals surface area contributed by atoms with E-state index in [9.17, 15) is 0 Å². The van der Waals surface area contributed by atoms with Gasteiger partial charge in [-0.05, 0) is 26.7 Å². The number of likely N-dealkylation sites (tertiary alicyclic amines) is 1. The minimum Gasteiger partial charge on any atom is -0.348 e. The van der Waals surface area contributed by atoms with Crippen LogP contribution in [-0.4, -0.2) is 55.1 Å². The summed E-state index contributed by atoms with van der Waals surface area (Å²) in [6.45, 7) is 9.10. The van der Waals surface area contributed by atoms with Crippen LogP contribution in [-0.2, 0) is 9.57 Å². The Labute approximate surface area is 92.1 Å². The Morgan fingerprint density at radius 3 is 2.47 bits per heavy atom. The summed E-state index contributed by atoms with van der Waals surface area (Å²) in [5.41, 5.74) is 0. The molecule has 0 spiro atoms. The maximum Gasteiger partial charge on any atom is 0.167 e. The van der Waals surface area contributed by atoms with Gasteiger partial charge in [0.25, 0.3) is 0 Å². The Morgan fingerprint density at radius 2 is 1.87 bits per heavy atom. The Bertz CT molecular complexity index is 187.